The van der Waals surface area contributed by atoms with E-state index in [1.165, 1.54) is 0 Å². The van der Waals surface area contributed by atoms with Gasteiger partial charge in [-0.15, -0.1) is 0 Å². The maximum Gasteiger partial charge on any atom is 0.321 e. The third-order valence-electron chi connectivity index (χ3n) is 3.20. The molecule has 2 N–H and O–H groups in total. The average molecular weight is 361 g/mol. The van der Waals surface area contributed by atoms with Crippen molar-refractivity contribution < 1.29 is 32.2 Å². The van der Waals surface area contributed by atoms with Gasteiger partial charge in [-0.25, -0.2) is 12.8 Å². The van der Waals surface area contributed by atoms with E-state index in [9.17, 15) is 22.4 Å². The van der Waals surface area contributed by atoms with Crippen LogP contribution < -0.4 is 4.72 Å². The van der Waals surface area contributed by atoms with Gasteiger partial charge in [0.05, 0.1) is 18.4 Å². The first-order valence-corrected chi connectivity index (χ1v) is 8.65. The summed E-state index contributed by atoms with van der Waals surface area (Å²) in [4.78, 5) is 21.9. The Hall–Kier alpha value is -2.00. The molecule has 7 nitrogen and oxygen atoms in total. The van der Waals surface area contributed by atoms with E-state index in [0.29, 0.717) is 0 Å². The van der Waals surface area contributed by atoms with Gasteiger partial charge in [-0.05, 0) is 30.0 Å². The monoisotopic (exact) mass is 361 g/mol. The van der Waals surface area contributed by atoms with Crippen molar-refractivity contribution in [3.05, 3.63) is 29.6 Å². The van der Waals surface area contributed by atoms with Crippen molar-refractivity contribution in [1.29, 1.82) is 0 Å². The van der Waals surface area contributed by atoms with Gasteiger partial charge in [-0.3, -0.25) is 9.59 Å². The van der Waals surface area contributed by atoms with Crippen LogP contribution in [0.3, 0.4) is 0 Å². The van der Waals surface area contributed by atoms with Gasteiger partial charge in [0.2, 0.25) is 10.0 Å². The first-order valence-electron chi connectivity index (χ1n) is 7.17. The van der Waals surface area contributed by atoms with Crippen molar-refractivity contribution in [3.8, 4) is 0 Å². The van der Waals surface area contributed by atoms with Gasteiger partial charge in [0.1, 0.15) is 11.9 Å². The Morgan fingerprint density at radius 2 is 1.96 bits per heavy atom. The van der Waals surface area contributed by atoms with Gasteiger partial charge in [0, 0.05) is 0 Å². The third kappa shape index (κ3) is 5.57. The Bertz CT molecular complexity index is 717. The normalized spacial score (nSPS) is 12.9. The SMILES string of the molecule is COC(=O)Cc1ccc(S(=O)(=O)N[C@@H](CC(C)C)C(=O)O)cc1F. The van der Waals surface area contributed by atoms with Crippen LogP contribution in [0.1, 0.15) is 25.8 Å². The minimum absolute atomic E-state index is 0.0160. The van der Waals surface area contributed by atoms with Crippen LogP contribution in [-0.4, -0.2) is 38.6 Å². The highest BCUT2D eigenvalue weighted by atomic mass is 32.2. The third-order valence-corrected chi connectivity index (χ3v) is 4.67. The van der Waals surface area contributed by atoms with E-state index in [1.807, 2.05) is 0 Å². The van der Waals surface area contributed by atoms with E-state index in [-0.39, 0.29) is 24.3 Å². The Morgan fingerprint density at radius 1 is 1.33 bits per heavy atom. The Labute approximate surface area is 139 Å². The molecule has 0 bridgehead atoms. The summed E-state index contributed by atoms with van der Waals surface area (Å²) in [6.07, 6.45) is -0.237. The first-order chi connectivity index (χ1) is 11.1. The van der Waals surface area contributed by atoms with E-state index in [1.54, 1.807) is 13.8 Å². The van der Waals surface area contributed by atoms with Crippen molar-refractivity contribution in [1.82, 2.24) is 4.72 Å². The Balaban J connectivity index is 3.04. The quantitative estimate of drug-likeness (QED) is 0.676. The minimum atomic E-state index is -4.21. The molecule has 0 spiro atoms. The number of benzene rings is 1. The Morgan fingerprint density at radius 3 is 2.42 bits per heavy atom. The topological polar surface area (TPSA) is 110 Å². The van der Waals surface area contributed by atoms with Crippen molar-refractivity contribution in [2.24, 2.45) is 5.92 Å². The molecule has 0 aliphatic rings. The number of nitrogens with one attached hydrogen (secondary N) is 1. The molecule has 1 aromatic rings. The molecular formula is C15H20FNO6S. The molecule has 0 unspecified atom stereocenters. The lowest BCUT2D eigenvalue weighted by Crippen LogP contribution is -2.41. The molecule has 24 heavy (non-hydrogen) atoms. The zero-order chi connectivity index (χ0) is 18.5. The molecular weight excluding hydrogens is 341 g/mol. The van der Waals surface area contributed by atoms with Crippen molar-refractivity contribution in [2.75, 3.05) is 7.11 Å². The highest BCUT2D eigenvalue weighted by Crippen LogP contribution is 2.17. The predicted molar refractivity (Wildman–Crippen MR) is 83.3 cm³/mol. The van der Waals surface area contributed by atoms with Crippen LogP contribution in [0.15, 0.2) is 23.1 Å². The predicted octanol–water partition coefficient (Wildman–Crippen LogP) is 1.32. The Kier molecular flexibility index (Phi) is 6.85. The number of carboxylic acid groups (broad SMARTS) is 1. The number of carboxylic acids is 1. The molecule has 0 saturated carbocycles. The van der Waals surface area contributed by atoms with Gasteiger partial charge in [0.25, 0.3) is 0 Å². The lowest BCUT2D eigenvalue weighted by atomic mass is 10.1. The van der Waals surface area contributed by atoms with Crippen LogP contribution in [-0.2, 0) is 30.8 Å². The summed E-state index contributed by atoms with van der Waals surface area (Å²) >= 11 is 0. The standard InChI is InChI=1S/C15H20FNO6S/c1-9(2)6-13(15(19)20)17-24(21,22)11-5-4-10(12(16)8-11)7-14(18)23-3/h4-5,8-9,13,17H,6-7H2,1-3H3,(H,19,20)/t13-/m0/s1. The number of halogens is 1. The number of ether oxygens (including phenoxy) is 1. The van der Waals surface area contributed by atoms with E-state index < -0.39 is 38.7 Å². The van der Waals surface area contributed by atoms with E-state index >= 15 is 0 Å². The van der Waals surface area contributed by atoms with Crippen LogP contribution in [0.4, 0.5) is 4.39 Å². The fourth-order valence-electron chi connectivity index (χ4n) is 1.99. The van der Waals surface area contributed by atoms with Gasteiger partial charge >= 0.3 is 11.9 Å². The summed E-state index contributed by atoms with van der Waals surface area (Å²) in [6.45, 7) is 3.51. The number of aliphatic carboxylic acids is 1. The van der Waals surface area contributed by atoms with Crippen molar-refractivity contribution >= 4 is 22.0 Å². The molecule has 1 atom stereocenters. The van der Waals surface area contributed by atoms with Crippen LogP contribution in [0.5, 0.6) is 0 Å². The molecule has 0 radical (unpaired) electrons. The summed E-state index contributed by atoms with van der Waals surface area (Å²) in [5.41, 5.74) is -0.0160. The lowest BCUT2D eigenvalue weighted by molar-refractivity contribution is -0.140. The number of methoxy groups -OCH3 is 1. The molecule has 134 valence electrons. The fourth-order valence-corrected chi connectivity index (χ4v) is 3.21. The molecule has 0 heterocycles. The minimum Gasteiger partial charge on any atom is -0.480 e. The van der Waals surface area contributed by atoms with Gasteiger partial charge < -0.3 is 9.84 Å². The average Bonchev–Trinajstić information content (AvgIpc) is 2.47. The molecule has 0 saturated heterocycles. The van der Waals surface area contributed by atoms with Gasteiger partial charge in [-0.2, -0.15) is 4.72 Å². The molecule has 0 aromatic heterocycles. The van der Waals surface area contributed by atoms with Crippen LogP contribution >= 0.6 is 0 Å². The molecule has 0 aliphatic heterocycles. The zero-order valence-corrected chi connectivity index (χ0v) is 14.4. The van der Waals surface area contributed by atoms with E-state index in [2.05, 4.69) is 9.46 Å². The van der Waals surface area contributed by atoms with E-state index in [4.69, 9.17) is 5.11 Å². The first kappa shape index (κ1) is 20.0. The van der Waals surface area contributed by atoms with Crippen LogP contribution in [0.25, 0.3) is 0 Å². The molecule has 9 heteroatoms. The second kappa shape index (κ2) is 8.20. The summed E-state index contributed by atoms with van der Waals surface area (Å²) in [5.74, 6) is -2.91. The van der Waals surface area contributed by atoms with Crippen molar-refractivity contribution in [2.45, 2.75) is 37.6 Å². The number of rotatable bonds is 8. The fraction of sp³-hybridized carbons (Fsp3) is 0.467. The number of sulfonamides is 1. The smallest absolute Gasteiger partial charge is 0.321 e. The van der Waals surface area contributed by atoms with Crippen LogP contribution in [0, 0.1) is 11.7 Å². The molecule has 0 aliphatic carbocycles. The number of esters is 1. The summed E-state index contributed by atoms with van der Waals surface area (Å²) < 4.78 is 44.9. The number of carbonyl (C=O) groups excluding carboxylic acids is 1. The maximum absolute atomic E-state index is 14.0. The second-order valence-electron chi connectivity index (χ2n) is 5.65. The van der Waals surface area contributed by atoms with Gasteiger partial charge in [-0.1, -0.05) is 19.9 Å². The molecule has 1 aromatic carbocycles. The maximum atomic E-state index is 14.0. The second-order valence-corrected chi connectivity index (χ2v) is 7.36. The number of carbonyl (C=O) groups is 2. The molecule has 1 rings (SSSR count). The molecule has 0 fully saturated rings. The van der Waals surface area contributed by atoms with Crippen LogP contribution in [0.2, 0.25) is 0 Å². The lowest BCUT2D eigenvalue weighted by Gasteiger charge is -2.17. The van der Waals surface area contributed by atoms with E-state index in [0.717, 1.165) is 25.3 Å². The number of hydrogen-bond donors (Lipinski definition) is 2. The zero-order valence-electron chi connectivity index (χ0n) is 13.6. The largest absolute Gasteiger partial charge is 0.480 e. The highest BCUT2D eigenvalue weighted by Gasteiger charge is 2.26. The highest BCUT2D eigenvalue weighted by molar-refractivity contribution is 7.89. The summed E-state index contributed by atoms with van der Waals surface area (Å²) in [7, 11) is -3.05. The number of hydrogen-bond acceptors (Lipinski definition) is 5. The summed E-state index contributed by atoms with van der Waals surface area (Å²) in [5, 5.41) is 9.10. The summed E-state index contributed by atoms with van der Waals surface area (Å²) in [6, 6.07) is 1.69. The van der Waals surface area contributed by atoms with Crippen molar-refractivity contribution in [3.63, 3.8) is 0 Å². The van der Waals surface area contributed by atoms with Gasteiger partial charge in [0.15, 0.2) is 0 Å². The molecule has 0 amide bonds.